The number of halogens is 6. The molecule has 0 bridgehead atoms. The topological polar surface area (TPSA) is 38.7 Å². The molecule has 0 saturated carbocycles. The Labute approximate surface area is 160 Å². The molecule has 0 unspecified atom stereocenters. The lowest BCUT2D eigenvalue weighted by Crippen LogP contribution is -2.16. The highest BCUT2D eigenvalue weighted by atomic mass is 19.4. The van der Waals surface area contributed by atoms with Crippen molar-refractivity contribution in [2.45, 2.75) is 12.7 Å². The molecule has 0 fully saturated rings. The molecule has 29 heavy (non-hydrogen) atoms. The largest absolute Gasteiger partial charge is 0.573 e. The Morgan fingerprint density at radius 3 is 1.17 bits per heavy atom. The molecule has 152 valence electrons. The summed E-state index contributed by atoms with van der Waals surface area (Å²) in [4.78, 5) is 0. The van der Waals surface area contributed by atoms with Crippen molar-refractivity contribution >= 4 is 0 Å². The van der Waals surface area contributed by atoms with E-state index in [-0.39, 0.29) is 17.2 Å². The van der Waals surface area contributed by atoms with E-state index in [1.165, 1.54) is 36.4 Å². The SMILES string of the molecule is Oc1cc(-c2ccc(OC(F)(F)F)cc2)cc(-c2ccc(OC(F)(F)F)cc2)c1. The monoisotopic (exact) mass is 414 g/mol. The molecule has 0 radical (unpaired) electrons. The van der Waals surface area contributed by atoms with Crippen molar-refractivity contribution in [2.24, 2.45) is 0 Å². The summed E-state index contributed by atoms with van der Waals surface area (Å²) < 4.78 is 81.1. The highest BCUT2D eigenvalue weighted by molar-refractivity contribution is 5.75. The first-order valence-electron chi connectivity index (χ1n) is 8.05. The van der Waals surface area contributed by atoms with Crippen molar-refractivity contribution in [3.63, 3.8) is 0 Å². The van der Waals surface area contributed by atoms with E-state index >= 15 is 0 Å². The number of hydrogen-bond acceptors (Lipinski definition) is 3. The van der Waals surface area contributed by atoms with Crippen molar-refractivity contribution in [1.82, 2.24) is 0 Å². The van der Waals surface area contributed by atoms with E-state index in [0.717, 1.165) is 24.3 Å². The van der Waals surface area contributed by atoms with E-state index in [2.05, 4.69) is 9.47 Å². The number of alkyl halides is 6. The molecule has 0 heterocycles. The van der Waals surface area contributed by atoms with Crippen LogP contribution < -0.4 is 9.47 Å². The number of benzene rings is 3. The predicted molar refractivity (Wildman–Crippen MR) is 92.3 cm³/mol. The van der Waals surface area contributed by atoms with Crippen LogP contribution in [0.4, 0.5) is 26.3 Å². The molecular weight excluding hydrogens is 402 g/mol. The normalized spacial score (nSPS) is 11.9. The van der Waals surface area contributed by atoms with Crippen LogP contribution in [0, 0.1) is 0 Å². The van der Waals surface area contributed by atoms with Gasteiger partial charge in [-0.2, -0.15) is 0 Å². The molecule has 9 heteroatoms. The van der Waals surface area contributed by atoms with E-state index in [0.29, 0.717) is 22.3 Å². The second kappa shape index (κ2) is 7.57. The minimum atomic E-state index is -4.80. The molecule has 0 spiro atoms. The molecule has 0 amide bonds. The first-order chi connectivity index (χ1) is 13.5. The Morgan fingerprint density at radius 1 is 0.517 bits per heavy atom. The molecular formula is C20H12F6O3. The third-order valence-electron chi connectivity index (χ3n) is 3.76. The summed E-state index contributed by atoms with van der Waals surface area (Å²) in [5, 5.41) is 9.98. The molecule has 1 N–H and O–H groups in total. The molecule has 0 atom stereocenters. The quantitative estimate of drug-likeness (QED) is 0.494. The van der Waals surface area contributed by atoms with Crippen LogP contribution in [-0.2, 0) is 0 Å². The van der Waals surface area contributed by atoms with Gasteiger partial charge in [0.15, 0.2) is 0 Å². The van der Waals surface area contributed by atoms with Crippen LogP contribution in [0.25, 0.3) is 22.3 Å². The second-order valence-corrected chi connectivity index (χ2v) is 5.91. The van der Waals surface area contributed by atoms with Crippen molar-refractivity contribution in [1.29, 1.82) is 0 Å². The lowest BCUT2D eigenvalue weighted by Gasteiger charge is -2.11. The van der Waals surface area contributed by atoms with Crippen molar-refractivity contribution in [3.8, 4) is 39.5 Å². The standard InChI is InChI=1S/C20H12F6O3/c21-19(22,23)28-17-5-1-12(2-6-17)14-9-15(11-16(27)10-14)13-3-7-18(8-4-13)29-20(24,25)26/h1-11,27H. The van der Waals surface area contributed by atoms with Gasteiger partial charge in [0.25, 0.3) is 0 Å². The van der Waals surface area contributed by atoms with E-state index in [1.54, 1.807) is 6.07 Å². The summed E-state index contributed by atoms with van der Waals surface area (Å²) in [5.41, 5.74) is 2.01. The molecule has 3 aromatic carbocycles. The van der Waals surface area contributed by atoms with Crippen LogP contribution in [0.3, 0.4) is 0 Å². The number of ether oxygens (including phenoxy) is 2. The summed E-state index contributed by atoms with van der Waals surface area (Å²) in [7, 11) is 0. The smallest absolute Gasteiger partial charge is 0.508 e. The van der Waals surface area contributed by atoms with Crippen molar-refractivity contribution in [2.75, 3.05) is 0 Å². The lowest BCUT2D eigenvalue weighted by atomic mass is 9.98. The first-order valence-corrected chi connectivity index (χ1v) is 8.05. The molecule has 3 rings (SSSR count). The van der Waals surface area contributed by atoms with Crippen LogP contribution in [0.5, 0.6) is 17.2 Å². The van der Waals surface area contributed by atoms with Gasteiger partial charge in [-0.3, -0.25) is 0 Å². The maximum atomic E-state index is 12.3. The molecule has 0 saturated heterocycles. The zero-order valence-electron chi connectivity index (χ0n) is 14.4. The van der Waals surface area contributed by atoms with Gasteiger partial charge in [-0.15, -0.1) is 26.3 Å². The Kier molecular flexibility index (Phi) is 5.32. The minimum absolute atomic E-state index is 0.122. The van der Waals surface area contributed by atoms with Gasteiger partial charge in [-0.05, 0) is 64.7 Å². The van der Waals surface area contributed by atoms with Crippen LogP contribution in [-0.4, -0.2) is 17.8 Å². The average Bonchev–Trinajstić information content (AvgIpc) is 2.60. The van der Waals surface area contributed by atoms with E-state index in [9.17, 15) is 31.4 Å². The Hall–Kier alpha value is -3.36. The summed E-state index contributed by atoms with van der Waals surface area (Å²) in [6.45, 7) is 0. The molecule has 0 aliphatic heterocycles. The Balaban J connectivity index is 1.86. The number of rotatable bonds is 4. The van der Waals surface area contributed by atoms with E-state index in [4.69, 9.17) is 0 Å². The summed E-state index contributed by atoms with van der Waals surface area (Å²) in [5.74, 6) is -0.896. The van der Waals surface area contributed by atoms with Crippen LogP contribution in [0.2, 0.25) is 0 Å². The first kappa shape index (κ1) is 20.4. The predicted octanol–water partition coefficient (Wildman–Crippen LogP) is 6.52. The van der Waals surface area contributed by atoms with Crippen LogP contribution >= 0.6 is 0 Å². The Morgan fingerprint density at radius 2 is 0.862 bits per heavy atom. The van der Waals surface area contributed by atoms with E-state index in [1.807, 2.05) is 0 Å². The molecule has 3 aromatic rings. The second-order valence-electron chi connectivity index (χ2n) is 5.91. The van der Waals surface area contributed by atoms with Gasteiger partial charge in [-0.1, -0.05) is 24.3 Å². The fourth-order valence-corrected chi connectivity index (χ4v) is 2.64. The van der Waals surface area contributed by atoms with E-state index < -0.39 is 12.7 Å². The van der Waals surface area contributed by atoms with Gasteiger partial charge in [0, 0.05) is 0 Å². The maximum absolute atomic E-state index is 12.3. The fourth-order valence-electron chi connectivity index (χ4n) is 2.64. The fraction of sp³-hybridized carbons (Fsp3) is 0.100. The number of phenols is 1. The summed E-state index contributed by atoms with van der Waals surface area (Å²) in [6, 6.07) is 14.5. The van der Waals surface area contributed by atoms with Gasteiger partial charge >= 0.3 is 12.7 Å². The highest BCUT2D eigenvalue weighted by Gasteiger charge is 2.31. The van der Waals surface area contributed by atoms with Gasteiger partial charge in [0.1, 0.15) is 17.2 Å². The molecule has 0 aliphatic rings. The molecule has 3 nitrogen and oxygen atoms in total. The third-order valence-corrected chi connectivity index (χ3v) is 3.76. The Bertz CT molecular complexity index is 899. The van der Waals surface area contributed by atoms with Gasteiger partial charge in [-0.25, -0.2) is 0 Å². The maximum Gasteiger partial charge on any atom is 0.573 e. The van der Waals surface area contributed by atoms with Gasteiger partial charge in [0.05, 0.1) is 0 Å². The lowest BCUT2D eigenvalue weighted by molar-refractivity contribution is -0.275. The zero-order valence-corrected chi connectivity index (χ0v) is 14.4. The van der Waals surface area contributed by atoms with Crippen LogP contribution in [0.1, 0.15) is 0 Å². The molecule has 0 aromatic heterocycles. The number of hydrogen-bond donors (Lipinski definition) is 1. The van der Waals surface area contributed by atoms with Crippen LogP contribution in [0.15, 0.2) is 66.7 Å². The number of phenolic OH excluding ortho intramolecular Hbond substituents is 1. The minimum Gasteiger partial charge on any atom is -0.508 e. The number of aromatic hydroxyl groups is 1. The summed E-state index contributed by atoms with van der Waals surface area (Å²) >= 11 is 0. The third kappa shape index (κ3) is 5.81. The van der Waals surface area contributed by atoms with Crippen molar-refractivity contribution in [3.05, 3.63) is 66.7 Å². The zero-order chi connectivity index (χ0) is 21.2. The van der Waals surface area contributed by atoms with Gasteiger partial charge in [0.2, 0.25) is 0 Å². The highest BCUT2D eigenvalue weighted by Crippen LogP contribution is 2.33. The summed E-state index contributed by atoms with van der Waals surface area (Å²) in [6.07, 6.45) is -9.61. The van der Waals surface area contributed by atoms with Crippen molar-refractivity contribution < 1.29 is 40.9 Å². The average molecular weight is 414 g/mol. The van der Waals surface area contributed by atoms with Gasteiger partial charge < -0.3 is 14.6 Å². The molecule has 0 aliphatic carbocycles.